The first-order chi connectivity index (χ1) is 13.3. The van der Waals surface area contributed by atoms with Crippen LogP contribution in [-0.4, -0.2) is 32.3 Å². The molecule has 8 heteroatoms. The molecule has 1 fully saturated rings. The molecule has 1 aromatic heterocycles. The summed E-state index contributed by atoms with van der Waals surface area (Å²) in [6.45, 7) is 9.50. The van der Waals surface area contributed by atoms with E-state index in [-0.39, 0.29) is 28.6 Å². The van der Waals surface area contributed by atoms with Crippen molar-refractivity contribution in [2.75, 3.05) is 18.0 Å². The van der Waals surface area contributed by atoms with Gasteiger partial charge in [0.1, 0.15) is 5.82 Å². The van der Waals surface area contributed by atoms with E-state index in [0.29, 0.717) is 5.56 Å². The summed E-state index contributed by atoms with van der Waals surface area (Å²) in [7, 11) is -2.05. The number of hydrogen-bond acceptors (Lipinski definition) is 3. The minimum Gasteiger partial charge on any atom is -0.412 e. The van der Waals surface area contributed by atoms with Crippen LogP contribution in [0.2, 0.25) is 18.1 Å². The summed E-state index contributed by atoms with van der Waals surface area (Å²) in [5.41, 5.74) is 0.845. The number of pyridine rings is 1. The molecular formula is C21H26F4N2OSi. The number of benzene rings is 1. The van der Waals surface area contributed by atoms with E-state index in [1.54, 1.807) is 18.2 Å². The second kappa shape index (κ2) is 7.39. The summed E-state index contributed by atoms with van der Waals surface area (Å²) in [6, 6.07) is 6.01. The molecule has 0 atom stereocenters. The molecule has 1 saturated heterocycles. The third-order valence-corrected chi connectivity index (χ3v) is 10.2. The highest BCUT2D eigenvalue weighted by Gasteiger charge is 2.45. The Labute approximate surface area is 169 Å². The molecule has 3 nitrogen and oxygen atoms in total. The number of anilines is 1. The standard InChI is InChI=1S/C21H26F4N2OSi/c1-20(2,3)29(4,5)28-11-14-7-6-8-16(18(14)23)15-9-17(22)19(26-10-15)27-12-21(24,25)13-27/h6-10H,11-13H2,1-5H3. The molecule has 2 aromatic rings. The van der Waals surface area contributed by atoms with E-state index in [9.17, 15) is 13.2 Å². The van der Waals surface area contributed by atoms with Crippen LogP contribution >= 0.6 is 0 Å². The van der Waals surface area contributed by atoms with E-state index in [1.807, 2.05) is 0 Å². The highest BCUT2D eigenvalue weighted by atomic mass is 28.4. The van der Waals surface area contributed by atoms with E-state index in [2.05, 4.69) is 38.8 Å². The molecule has 0 N–H and O–H groups in total. The number of rotatable bonds is 5. The quantitative estimate of drug-likeness (QED) is 0.433. The highest BCUT2D eigenvalue weighted by molar-refractivity contribution is 6.74. The van der Waals surface area contributed by atoms with E-state index in [1.165, 1.54) is 11.1 Å². The number of halogens is 4. The molecule has 0 spiro atoms. The summed E-state index contributed by atoms with van der Waals surface area (Å²) in [5, 5.41) is -0.00235. The predicted octanol–water partition coefficient (Wildman–Crippen LogP) is 6.00. The Kier molecular flexibility index (Phi) is 5.55. The van der Waals surface area contributed by atoms with Gasteiger partial charge in [0, 0.05) is 22.9 Å². The maximum atomic E-state index is 15.1. The van der Waals surface area contributed by atoms with Gasteiger partial charge >= 0.3 is 0 Å². The third kappa shape index (κ3) is 4.48. The van der Waals surface area contributed by atoms with Crippen LogP contribution in [0.15, 0.2) is 30.5 Å². The van der Waals surface area contributed by atoms with Gasteiger partial charge in [0.2, 0.25) is 0 Å². The van der Waals surface area contributed by atoms with Crippen LogP contribution < -0.4 is 4.90 Å². The fourth-order valence-corrected chi connectivity index (χ4v) is 3.81. The summed E-state index contributed by atoms with van der Waals surface area (Å²) in [5.74, 6) is -4.20. The minimum absolute atomic E-state index is 0.00235. The number of alkyl halides is 2. The predicted molar refractivity (Wildman–Crippen MR) is 109 cm³/mol. The Hall–Kier alpha value is -1.93. The van der Waals surface area contributed by atoms with Gasteiger partial charge in [-0.2, -0.15) is 0 Å². The Bertz CT molecular complexity index is 904. The van der Waals surface area contributed by atoms with Crippen molar-refractivity contribution >= 4 is 14.1 Å². The molecule has 158 valence electrons. The third-order valence-electron chi connectivity index (χ3n) is 5.75. The van der Waals surface area contributed by atoms with Gasteiger partial charge in [-0.3, -0.25) is 0 Å². The normalized spacial score (nSPS) is 16.7. The lowest BCUT2D eigenvalue weighted by Gasteiger charge is -2.39. The zero-order valence-electron chi connectivity index (χ0n) is 17.3. The zero-order valence-corrected chi connectivity index (χ0v) is 18.3. The molecule has 0 unspecified atom stereocenters. The molecule has 0 radical (unpaired) electrons. The van der Waals surface area contributed by atoms with Gasteiger partial charge in [-0.05, 0) is 24.2 Å². The van der Waals surface area contributed by atoms with E-state index < -0.39 is 39.0 Å². The minimum atomic E-state index is -2.82. The first-order valence-corrected chi connectivity index (χ1v) is 12.4. The molecule has 1 aliphatic rings. The van der Waals surface area contributed by atoms with Crippen molar-refractivity contribution in [2.45, 2.75) is 51.4 Å². The number of aromatic nitrogens is 1. The molecule has 1 aliphatic heterocycles. The highest BCUT2D eigenvalue weighted by Crippen LogP contribution is 2.38. The van der Waals surface area contributed by atoms with Crippen molar-refractivity contribution in [2.24, 2.45) is 0 Å². The van der Waals surface area contributed by atoms with Gasteiger partial charge in [-0.25, -0.2) is 22.5 Å². The van der Waals surface area contributed by atoms with Gasteiger partial charge < -0.3 is 9.33 Å². The molecule has 3 rings (SSSR count). The summed E-state index contributed by atoms with van der Waals surface area (Å²) in [4.78, 5) is 5.12. The van der Waals surface area contributed by atoms with E-state index in [4.69, 9.17) is 4.43 Å². The second-order valence-corrected chi connectivity index (χ2v) is 13.9. The Morgan fingerprint density at radius 2 is 1.83 bits per heavy atom. The molecule has 29 heavy (non-hydrogen) atoms. The lowest BCUT2D eigenvalue weighted by atomic mass is 10.0. The Morgan fingerprint density at radius 1 is 1.17 bits per heavy atom. The SMILES string of the molecule is CC(C)(C)[Si](C)(C)OCc1cccc(-c2cnc(N3CC(F)(F)C3)c(F)c2)c1F. The van der Waals surface area contributed by atoms with Crippen molar-refractivity contribution in [1.82, 2.24) is 4.98 Å². The molecule has 0 aliphatic carbocycles. The zero-order chi connectivity index (χ0) is 21.6. The summed E-state index contributed by atoms with van der Waals surface area (Å²) in [6.07, 6.45) is 1.31. The Morgan fingerprint density at radius 3 is 2.38 bits per heavy atom. The number of nitrogens with zero attached hydrogens (tertiary/aromatic N) is 2. The van der Waals surface area contributed by atoms with Gasteiger partial charge in [-0.15, -0.1) is 0 Å². The molecule has 2 heterocycles. The first kappa shape index (κ1) is 21.8. The fourth-order valence-electron chi connectivity index (χ4n) is 2.86. The van der Waals surface area contributed by atoms with Crippen LogP contribution in [-0.2, 0) is 11.0 Å². The van der Waals surface area contributed by atoms with Crippen molar-refractivity contribution in [3.63, 3.8) is 0 Å². The average molecular weight is 427 g/mol. The molecule has 1 aromatic carbocycles. The monoisotopic (exact) mass is 426 g/mol. The van der Waals surface area contributed by atoms with Gasteiger partial charge in [-0.1, -0.05) is 39.0 Å². The first-order valence-electron chi connectivity index (χ1n) is 9.51. The maximum absolute atomic E-state index is 15.1. The smallest absolute Gasteiger partial charge is 0.282 e. The van der Waals surface area contributed by atoms with Crippen molar-refractivity contribution < 1.29 is 22.0 Å². The fraction of sp³-hybridized carbons (Fsp3) is 0.476. The van der Waals surface area contributed by atoms with Crippen LogP contribution in [0.25, 0.3) is 11.1 Å². The van der Waals surface area contributed by atoms with Gasteiger partial charge in [0.15, 0.2) is 20.0 Å². The van der Waals surface area contributed by atoms with Crippen molar-refractivity contribution in [3.8, 4) is 11.1 Å². The average Bonchev–Trinajstić information content (AvgIpc) is 2.58. The van der Waals surface area contributed by atoms with Gasteiger partial charge in [0.25, 0.3) is 5.92 Å². The van der Waals surface area contributed by atoms with Crippen LogP contribution in [0.1, 0.15) is 26.3 Å². The van der Waals surface area contributed by atoms with Crippen LogP contribution in [0.3, 0.4) is 0 Å². The van der Waals surface area contributed by atoms with Crippen molar-refractivity contribution in [3.05, 3.63) is 47.7 Å². The Balaban J connectivity index is 1.82. The molecule has 0 bridgehead atoms. The van der Waals surface area contributed by atoms with Crippen LogP contribution in [0.4, 0.5) is 23.4 Å². The van der Waals surface area contributed by atoms with Crippen LogP contribution in [0.5, 0.6) is 0 Å². The largest absolute Gasteiger partial charge is 0.412 e. The summed E-state index contributed by atoms with van der Waals surface area (Å²) >= 11 is 0. The molecule has 0 amide bonds. The van der Waals surface area contributed by atoms with E-state index in [0.717, 1.165) is 6.07 Å². The second-order valence-electron chi connectivity index (χ2n) is 9.07. The topological polar surface area (TPSA) is 25.4 Å². The summed E-state index contributed by atoms with van der Waals surface area (Å²) < 4.78 is 61.7. The molecular weight excluding hydrogens is 400 g/mol. The molecule has 0 saturated carbocycles. The lowest BCUT2D eigenvalue weighted by molar-refractivity contribution is -0.0270. The number of hydrogen-bond donors (Lipinski definition) is 0. The lowest BCUT2D eigenvalue weighted by Crippen LogP contribution is -2.57. The van der Waals surface area contributed by atoms with Crippen molar-refractivity contribution in [1.29, 1.82) is 0 Å². The van der Waals surface area contributed by atoms with E-state index >= 15 is 4.39 Å². The van der Waals surface area contributed by atoms with Crippen LogP contribution in [0, 0.1) is 11.6 Å². The maximum Gasteiger partial charge on any atom is 0.282 e. The van der Waals surface area contributed by atoms with Gasteiger partial charge in [0.05, 0.1) is 19.7 Å².